The fourth-order valence-corrected chi connectivity index (χ4v) is 2.10. The van der Waals surface area contributed by atoms with E-state index in [0.717, 1.165) is 0 Å². The summed E-state index contributed by atoms with van der Waals surface area (Å²) in [5.41, 5.74) is 0. The van der Waals surface area contributed by atoms with Gasteiger partial charge in [-0.25, -0.2) is 0 Å². The summed E-state index contributed by atoms with van der Waals surface area (Å²) in [4.78, 5) is 24.8. The Labute approximate surface area is 162 Å². The zero-order valence-electron chi connectivity index (χ0n) is 14.6. The van der Waals surface area contributed by atoms with Crippen LogP contribution in [0, 0.1) is 0 Å². The predicted octanol–water partition coefficient (Wildman–Crippen LogP) is -5.50. The molecule has 1 rings (SSSR count). The van der Waals surface area contributed by atoms with Crippen LogP contribution in [0.25, 0.3) is 0 Å². The SMILES string of the molecule is O.O.O=C([O-])CN1CCOCCOCCN(CC(=O)[O-])CCOCC1.[Ni+2]. The van der Waals surface area contributed by atoms with Crippen LogP contribution in [0.15, 0.2) is 0 Å². The molecule has 1 fully saturated rings. The first-order valence-corrected chi connectivity index (χ1v) is 7.65. The van der Waals surface area contributed by atoms with E-state index < -0.39 is 11.9 Å². The normalized spacial score (nSPS) is 18.8. The van der Waals surface area contributed by atoms with Crippen molar-refractivity contribution in [3.05, 3.63) is 0 Å². The molecule has 158 valence electrons. The van der Waals surface area contributed by atoms with Crippen LogP contribution in [0.5, 0.6) is 0 Å². The third kappa shape index (κ3) is 16.6. The molecule has 0 spiro atoms. The summed E-state index contributed by atoms with van der Waals surface area (Å²) in [6.45, 7) is 3.74. The number of carbonyl (C=O) groups is 2. The van der Waals surface area contributed by atoms with Crippen molar-refractivity contribution in [2.75, 3.05) is 78.9 Å². The van der Waals surface area contributed by atoms with Crippen molar-refractivity contribution in [1.82, 2.24) is 9.80 Å². The summed E-state index contributed by atoms with van der Waals surface area (Å²) in [5, 5.41) is 21.4. The molecule has 11 nitrogen and oxygen atoms in total. The van der Waals surface area contributed by atoms with Gasteiger partial charge in [-0.1, -0.05) is 0 Å². The second kappa shape index (κ2) is 18.9. The van der Waals surface area contributed by atoms with Crippen molar-refractivity contribution in [3.63, 3.8) is 0 Å². The molecule has 12 heteroatoms. The van der Waals surface area contributed by atoms with Crippen LogP contribution >= 0.6 is 0 Å². The average Bonchev–Trinajstić information content (AvgIpc) is 2.47. The van der Waals surface area contributed by atoms with E-state index in [4.69, 9.17) is 14.2 Å². The van der Waals surface area contributed by atoms with Crippen molar-refractivity contribution >= 4 is 11.9 Å². The molecule has 0 atom stereocenters. The quantitative estimate of drug-likeness (QED) is 0.396. The van der Waals surface area contributed by atoms with Gasteiger partial charge in [0.1, 0.15) is 0 Å². The molecule has 26 heavy (non-hydrogen) atoms. The Kier molecular flexibility index (Phi) is 21.8. The van der Waals surface area contributed by atoms with Gasteiger partial charge in [0.25, 0.3) is 0 Å². The Bertz CT molecular complexity index is 331. The number of nitrogens with zero attached hydrogens (tertiary/aromatic N) is 2. The van der Waals surface area contributed by atoms with Gasteiger partial charge in [-0.05, 0) is 0 Å². The molecule has 0 unspecified atom stereocenters. The topological polar surface area (TPSA) is 177 Å². The van der Waals surface area contributed by atoms with Gasteiger partial charge in [0.2, 0.25) is 0 Å². The van der Waals surface area contributed by atoms with E-state index in [9.17, 15) is 19.8 Å². The summed E-state index contributed by atoms with van der Waals surface area (Å²) in [7, 11) is 0. The van der Waals surface area contributed by atoms with E-state index in [2.05, 4.69) is 0 Å². The van der Waals surface area contributed by atoms with Crippen LogP contribution in [-0.2, 0) is 40.3 Å². The molecule has 1 aliphatic rings. The third-order valence-electron chi connectivity index (χ3n) is 3.28. The smallest absolute Gasteiger partial charge is 0.549 e. The Balaban J connectivity index is -0.00000176. The van der Waals surface area contributed by atoms with Crippen LogP contribution in [0.3, 0.4) is 0 Å². The van der Waals surface area contributed by atoms with E-state index in [1.165, 1.54) is 0 Å². The van der Waals surface area contributed by atoms with Gasteiger partial charge in [0, 0.05) is 39.3 Å². The molecule has 0 aromatic carbocycles. The van der Waals surface area contributed by atoms with Crippen LogP contribution < -0.4 is 10.2 Å². The molecule has 0 aromatic heterocycles. The van der Waals surface area contributed by atoms with Crippen molar-refractivity contribution in [3.8, 4) is 0 Å². The molecule has 1 aliphatic heterocycles. The summed E-state index contributed by atoms with van der Waals surface area (Å²) < 4.78 is 16.2. The average molecular weight is 427 g/mol. The predicted molar refractivity (Wildman–Crippen MR) is 82.6 cm³/mol. The Hall–Kier alpha value is -0.846. The van der Waals surface area contributed by atoms with Gasteiger partial charge in [-0.2, -0.15) is 0 Å². The molecule has 0 amide bonds. The molecule has 1 saturated heterocycles. The number of hydrogen-bond acceptors (Lipinski definition) is 9. The third-order valence-corrected chi connectivity index (χ3v) is 3.28. The molecule has 0 saturated carbocycles. The molecule has 0 aliphatic carbocycles. The van der Waals surface area contributed by atoms with Crippen molar-refractivity contribution < 1.29 is 61.5 Å². The molecule has 4 N–H and O–H groups in total. The van der Waals surface area contributed by atoms with Gasteiger partial charge in [0.05, 0.1) is 51.6 Å². The van der Waals surface area contributed by atoms with Gasteiger partial charge < -0.3 is 45.0 Å². The second-order valence-electron chi connectivity index (χ2n) is 5.13. The maximum absolute atomic E-state index is 10.7. The van der Waals surface area contributed by atoms with E-state index in [1.54, 1.807) is 9.80 Å². The molecule has 0 bridgehead atoms. The summed E-state index contributed by atoms with van der Waals surface area (Å²) in [6, 6.07) is 0. The fraction of sp³-hybridized carbons (Fsp3) is 0.857. The Morgan fingerprint density at radius 2 is 0.923 bits per heavy atom. The Morgan fingerprint density at radius 3 is 1.19 bits per heavy atom. The first-order valence-electron chi connectivity index (χ1n) is 7.65. The van der Waals surface area contributed by atoms with Crippen LogP contribution in [-0.4, -0.2) is 112 Å². The molecular weight excluding hydrogens is 399 g/mol. The molecule has 1 heterocycles. The molecular formula is C14H28N2NiO9. The number of hydrogen-bond donors (Lipinski definition) is 0. The largest absolute Gasteiger partial charge is 2.00 e. The van der Waals surface area contributed by atoms with Gasteiger partial charge in [0.15, 0.2) is 0 Å². The van der Waals surface area contributed by atoms with Crippen molar-refractivity contribution in [1.29, 1.82) is 0 Å². The standard InChI is InChI=1S/C14H26N2O7.Ni.2H2O/c17-13(18)11-15-1-5-21-6-2-16(12-14(19)20)4-8-23-10-9-22-7-3-15;;;/h1-12H2,(H,17,18)(H,19,20);;2*1H2/q;+2;;/p-2. The summed E-state index contributed by atoms with van der Waals surface area (Å²) in [5.74, 6) is -2.29. The fourth-order valence-electron chi connectivity index (χ4n) is 2.10. The van der Waals surface area contributed by atoms with Crippen molar-refractivity contribution in [2.45, 2.75) is 0 Å². The number of aliphatic carboxylic acids is 2. The van der Waals surface area contributed by atoms with Crippen LogP contribution in [0.1, 0.15) is 0 Å². The van der Waals surface area contributed by atoms with Gasteiger partial charge >= 0.3 is 16.5 Å². The maximum atomic E-state index is 10.7. The van der Waals surface area contributed by atoms with Crippen molar-refractivity contribution in [2.24, 2.45) is 0 Å². The minimum atomic E-state index is -1.15. The van der Waals surface area contributed by atoms with Gasteiger partial charge in [-0.15, -0.1) is 0 Å². The Morgan fingerprint density at radius 1 is 0.654 bits per heavy atom. The minimum absolute atomic E-state index is 0. The summed E-state index contributed by atoms with van der Waals surface area (Å²) in [6.07, 6.45) is 0. The number of carbonyl (C=O) groups excluding carboxylic acids is 2. The monoisotopic (exact) mass is 426 g/mol. The van der Waals surface area contributed by atoms with E-state index in [-0.39, 0.29) is 40.5 Å². The number of carboxylic acids is 2. The van der Waals surface area contributed by atoms with Crippen LogP contribution in [0.2, 0.25) is 0 Å². The minimum Gasteiger partial charge on any atom is -0.549 e. The zero-order chi connectivity index (χ0) is 16.9. The molecule has 0 aromatic rings. The number of carboxylic acid groups (broad SMARTS) is 2. The second-order valence-corrected chi connectivity index (χ2v) is 5.13. The van der Waals surface area contributed by atoms with Crippen LogP contribution in [0.4, 0.5) is 0 Å². The number of ether oxygens (including phenoxy) is 3. The maximum Gasteiger partial charge on any atom is 2.00 e. The zero-order valence-corrected chi connectivity index (χ0v) is 15.5. The van der Waals surface area contributed by atoms with E-state index in [1.807, 2.05) is 0 Å². The van der Waals surface area contributed by atoms with Gasteiger partial charge in [-0.3, -0.25) is 9.80 Å². The summed E-state index contributed by atoms with van der Waals surface area (Å²) >= 11 is 0. The van der Waals surface area contributed by atoms with E-state index >= 15 is 0 Å². The first-order chi connectivity index (χ1) is 11.1. The first kappa shape index (κ1) is 29.9. The van der Waals surface area contributed by atoms with E-state index in [0.29, 0.717) is 65.8 Å². The number of rotatable bonds is 4. The molecule has 0 radical (unpaired) electrons.